The van der Waals surface area contributed by atoms with E-state index in [2.05, 4.69) is 15.3 Å². The first kappa shape index (κ1) is 24.5. The van der Waals surface area contributed by atoms with E-state index >= 15 is 0 Å². The standard InChI is InChI=1S/C8H9NO6.C3H7NO2.C2H6O2/c10-5-1-2-6(11)9(5)15-8(14)4-3-7(12)13;1-2-6-3(4)5;3-1-2-4/h1-4H2,(H,12,13);2H2,1H3,(H2,4,5);3-4H,1-2H2. The Kier molecular flexibility index (Phi) is 14.6. The number of nitrogens with two attached hydrogens (primary N) is 1. The van der Waals surface area contributed by atoms with Crippen LogP contribution in [0.25, 0.3) is 0 Å². The Morgan fingerprint density at radius 1 is 1.08 bits per heavy atom. The molecule has 0 radical (unpaired) electrons. The van der Waals surface area contributed by atoms with Crippen molar-refractivity contribution in [1.29, 1.82) is 0 Å². The highest BCUT2D eigenvalue weighted by Gasteiger charge is 2.32. The van der Waals surface area contributed by atoms with E-state index in [0.29, 0.717) is 11.7 Å². The van der Waals surface area contributed by atoms with Crippen molar-refractivity contribution in [3.8, 4) is 0 Å². The summed E-state index contributed by atoms with van der Waals surface area (Å²) in [5.74, 6) is -3.21. The van der Waals surface area contributed by atoms with Crippen molar-refractivity contribution in [2.45, 2.75) is 32.6 Å². The number of aliphatic carboxylic acids is 1. The molecule has 1 heterocycles. The van der Waals surface area contributed by atoms with E-state index in [1.807, 2.05) is 0 Å². The van der Waals surface area contributed by atoms with Gasteiger partial charge in [-0.2, -0.15) is 0 Å². The molecule has 1 saturated heterocycles. The zero-order valence-electron chi connectivity index (χ0n) is 13.7. The predicted octanol–water partition coefficient (Wildman–Crippen LogP) is -1.47. The Bertz CT molecular complexity index is 448. The highest BCUT2D eigenvalue weighted by Crippen LogP contribution is 2.12. The summed E-state index contributed by atoms with van der Waals surface area (Å²) in [6.45, 7) is 1.81. The van der Waals surface area contributed by atoms with Crippen LogP contribution in [0.3, 0.4) is 0 Å². The van der Waals surface area contributed by atoms with Crippen molar-refractivity contribution >= 4 is 29.8 Å². The molecule has 0 unspecified atom stereocenters. The van der Waals surface area contributed by atoms with Crippen LogP contribution in [0.15, 0.2) is 0 Å². The zero-order chi connectivity index (χ0) is 19.8. The van der Waals surface area contributed by atoms with Crippen LogP contribution in [0.4, 0.5) is 4.79 Å². The van der Waals surface area contributed by atoms with Crippen LogP contribution in [-0.2, 0) is 28.8 Å². The molecule has 0 atom stereocenters. The van der Waals surface area contributed by atoms with Gasteiger partial charge >= 0.3 is 18.0 Å². The van der Waals surface area contributed by atoms with Gasteiger partial charge in [-0.25, -0.2) is 9.59 Å². The van der Waals surface area contributed by atoms with Crippen LogP contribution < -0.4 is 5.73 Å². The molecule has 0 aromatic rings. The maximum atomic E-state index is 11.0. The lowest BCUT2D eigenvalue weighted by Crippen LogP contribution is -2.32. The van der Waals surface area contributed by atoms with Gasteiger partial charge < -0.3 is 30.6 Å². The highest BCUT2D eigenvalue weighted by atomic mass is 16.7. The third-order valence-corrected chi connectivity index (χ3v) is 2.13. The molecular formula is C13H22N2O10. The van der Waals surface area contributed by atoms with E-state index < -0.39 is 36.3 Å². The van der Waals surface area contributed by atoms with Gasteiger partial charge in [-0.15, -0.1) is 5.06 Å². The van der Waals surface area contributed by atoms with Crippen molar-refractivity contribution in [3.05, 3.63) is 0 Å². The van der Waals surface area contributed by atoms with Crippen LogP contribution in [0.1, 0.15) is 32.6 Å². The number of rotatable bonds is 6. The average molecular weight is 366 g/mol. The summed E-state index contributed by atoms with van der Waals surface area (Å²) in [7, 11) is 0. The third-order valence-electron chi connectivity index (χ3n) is 2.13. The number of ether oxygens (including phenoxy) is 1. The maximum absolute atomic E-state index is 11.0. The molecular weight excluding hydrogens is 344 g/mol. The summed E-state index contributed by atoms with van der Waals surface area (Å²) in [5.41, 5.74) is 4.54. The molecule has 0 spiro atoms. The summed E-state index contributed by atoms with van der Waals surface area (Å²) >= 11 is 0. The van der Waals surface area contributed by atoms with E-state index in [4.69, 9.17) is 15.3 Å². The van der Waals surface area contributed by atoms with Crippen LogP contribution in [0.5, 0.6) is 0 Å². The van der Waals surface area contributed by atoms with Gasteiger partial charge in [0, 0.05) is 12.8 Å². The molecule has 0 saturated carbocycles. The van der Waals surface area contributed by atoms with Crippen LogP contribution in [-0.4, -0.2) is 70.0 Å². The lowest BCUT2D eigenvalue weighted by atomic mass is 10.3. The molecule has 1 rings (SSSR count). The second kappa shape index (κ2) is 14.8. The summed E-state index contributed by atoms with van der Waals surface area (Å²) in [6, 6.07) is 0. The predicted molar refractivity (Wildman–Crippen MR) is 79.4 cm³/mol. The molecule has 0 aliphatic carbocycles. The first-order valence-electron chi connectivity index (χ1n) is 7.11. The molecule has 0 aromatic heterocycles. The molecule has 25 heavy (non-hydrogen) atoms. The number of aliphatic hydroxyl groups excluding tert-OH is 2. The fraction of sp³-hybridized carbons (Fsp3) is 0.615. The van der Waals surface area contributed by atoms with Crippen molar-refractivity contribution < 1.29 is 48.9 Å². The van der Waals surface area contributed by atoms with Gasteiger partial charge in [0.25, 0.3) is 11.8 Å². The molecule has 3 amide bonds. The van der Waals surface area contributed by atoms with Crippen molar-refractivity contribution in [2.24, 2.45) is 5.73 Å². The largest absolute Gasteiger partial charge is 0.481 e. The van der Waals surface area contributed by atoms with Crippen molar-refractivity contribution in [3.63, 3.8) is 0 Å². The zero-order valence-corrected chi connectivity index (χ0v) is 13.7. The molecule has 5 N–H and O–H groups in total. The first-order chi connectivity index (χ1) is 11.7. The van der Waals surface area contributed by atoms with Crippen LogP contribution in [0, 0.1) is 0 Å². The van der Waals surface area contributed by atoms with Gasteiger partial charge in [-0.3, -0.25) is 14.4 Å². The Labute approximate surface area is 143 Å². The fourth-order valence-electron chi connectivity index (χ4n) is 1.16. The Morgan fingerprint density at radius 2 is 1.56 bits per heavy atom. The number of nitrogens with zero attached hydrogens (tertiary/aromatic N) is 1. The van der Waals surface area contributed by atoms with Crippen LogP contribution in [0.2, 0.25) is 0 Å². The lowest BCUT2D eigenvalue weighted by molar-refractivity contribution is -0.197. The van der Waals surface area contributed by atoms with Gasteiger partial charge in [0.15, 0.2) is 0 Å². The van der Waals surface area contributed by atoms with Crippen molar-refractivity contribution in [1.82, 2.24) is 5.06 Å². The summed E-state index contributed by atoms with van der Waals surface area (Å²) < 4.78 is 4.18. The summed E-state index contributed by atoms with van der Waals surface area (Å²) in [5, 5.41) is 23.9. The maximum Gasteiger partial charge on any atom is 0.404 e. The lowest BCUT2D eigenvalue weighted by Gasteiger charge is -2.11. The Hall–Kier alpha value is -2.73. The number of hydroxylamine groups is 2. The number of imide groups is 1. The second-order valence-electron chi connectivity index (χ2n) is 4.14. The average Bonchev–Trinajstić information content (AvgIpc) is 2.85. The molecule has 12 nitrogen and oxygen atoms in total. The van der Waals surface area contributed by atoms with Gasteiger partial charge in [-0.05, 0) is 6.92 Å². The van der Waals surface area contributed by atoms with Gasteiger partial charge in [0.1, 0.15) is 0 Å². The topological polar surface area (TPSA) is 194 Å². The number of carboxylic acid groups (broad SMARTS) is 1. The molecule has 0 aromatic carbocycles. The first-order valence-corrected chi connectivity index (χ1v) is 7.11. The minimum Gasteiger partial charge on any atom is -0.481 e. The van der Waals surface area contributed by atoms with E-state index in [9.17, 15) is 24.0 Å². The van der Waals surface area contributed by atoms with E-state index in [1.165, 1.54) is 0 Å². The smallest absolute Gasteiger partial charge is 0.404 e. The monoisotopic (exact) mass is 366 g/mol. The normalized spacial score (nSPS) is 12.4. The van der Waals surface area contributed by atoms with Gasteiger partial charge in [0.2, 0.25) is 0 Å². The molecule has 0 bridgehead atoms. The molecule has 1 aliphatic heterocycles. The number of aliphatic hydroxyl groups is 2. The van der Waals surface area contributed by atoms with Crippen molar-refractivity contribution in [2.75, 3.05) is 19.8 Å². The summed E-state index contributed by atoms with van der Waals surface area (Å²) in [6.07, 6.45) is -1.44. The number of carboxylic acids is 1. The summed E-state index contributed by atoms with van der Waals surface area (Å²) in [4.78, 5) is 57.0. The minimum atomic E-state index is -1.15. The SMILES string of the molecule is CCOC(N)=O.O=C(O)CCC(=O)ON1C(=O)CCC1=O.OCCO. The molecule has 144 valence electrons. The number of carbonyl (C=O) groups is 5. The van der Waals surface area contributed by atoms with E-state index in [0.717, 1.165) is 0 Å². The van der Waals surface area contributed by atoms with E-state index in [1.54, 1.807) is 6.92 Å². The number of carbonyl (C=O) groups excluding carboxylic acids is 4. The number of hydrogen-bond donors (Lipinski definition) is 4. The van der Waals surface area contributed by atoms with Gasteiger partial charge in [-0.1, -0.05) is 0 Å². The Balaban J connectivity index is 0. The third kappa shape index (κ3) is 14.6. The highest BCUT2D eigenvalue weighted by molar-refractivity contribution is 6.01. The minimum absolute atomic E-state index is 0.0189. The molecule has 1 aliphatic rings. The van der Waals surface area contributed by atoms with E-state index in [-0.39, 0.29) is 32.5 Å². The second-order valence-corrected chi connectivity index (χ2v) is 4.14. The Morgan fingerprint density at radius 3 is 1.84 bits per heavy atom. The van der Waals surface area contributed by atoms with Crippen LogP contribution >= 0.6 is 0 Å². The van der Waals surface area contributed by atoms with Gasteiger partial charge in [0.05, 0.1) is 32.7 Å². The molecule has 1 fully saturated rings. The quantitative estimate of drug-likeness (QED) is 0.403. The number of primary amides is 1. The number of amides is 3. The number of hydrogen-bond acceptors (Lipinski definition) is 9. The fourth-order valence-corrected chi connectivity index (χ4v) is 1.16. The molecule has 12 heteroatoms.